The van der Waals surface area contributed by atoms with Gasteiger partial charge in [-0.1, -0.05) is 0 Å². The van der Waals surface area contributed by atoms with Crippen LogP contribution in [0.15, 0.2) is 0 Å². The van der Waals surface area contributed by atoms with Gasteiger partial charge in [0.2, 0.25) is 0 Å². The number of carbonyl (C=O) groups is 2. The third-order valence-corrected chi connectivity index (χ3v) is 3.01. The highest BCUT2D eigenvalue weighted by atomic mass is 31.1. The van der Waals surface area contributed by atoms with E-state index in [0.717, 1.165) is 0 Å². The van der Waals surface area contributed by atoms with Crippen molar-refractivity contribution in [2.75, 3.05) is 6.16 Å². The number of nitrogens with two attached hydrogens (primary N) is 1. The van der Waals surface area contributed by atoms with Gasteiger partial charge >= 0.3 is 11.9 Å². The van der Waals surface area contributed by atoms with Gasteiger partial charge in [-0.3, -0.25) is 9.59 Å². The van der Waals surface area contributed by atoms with Crippen LogP contribution in [0, 0.1) is 0 Å². The first-order chi connectivity index (χ1) is 6.75. The van der Waals surface area contributed by atoms with Gasteiger partial charge in [-0.05, 0) is 6.92 Å². The molecule has 0 aromatic rings. The fourth-order valence-electron chi connectivity index (χ4n) is 0.676. The SMILES string of the molecule is CC(N)(CC=[P+]([O-])CCC(=O)O)C(=O)O. The molecule has 0 saturated heterocycles. The number of carboxylic acid groups (broad SMARTS) is 2. The average Bonchev–Trinajstić information content (AvgIpc) is 2.11. The van der Waals surface area contributed by atoms with Gasteiger partial charge in [0.1, 0.15) is 11.7 Å². The molecule has 86 valence electrons. The Bertz CT molecular complexity index is 287. The summed E-state index contributed by atoms with van der Waals surface area (Å²) in [6, 6.07) is 0. The van der Waals surface area contributed by atoms with Crippen molar-refractivity contribution in [2.45, 2.75) is 25.3 Å². The van der Waals surface area contributed by atoms with E-state index >= 15 is 0 Å². The molecule has 0 aliphatic heterocycles. The maximum atomic E-state index is 11.2. The zero-order valence-corrected chi connectivity index (χ0v) is 9.24. The van der Waals surface area contributed by atoms with E-state index in [1.807, 2.05) is 0 Å². The van der Waals surface area contributed by atoms with Gasteiger partial charge in [0, 0.05) is 14.2 Å². The van der Waals surface area contributed by atoms with Crippen LogP contribution in [0.3, 0.4) is 0 Å². The van der Waals surface area contributed by atoms with E-state index in [1.54, 1.807) is 0 Å². The van der Waals surface area contributed by atoms with Crippen molar-refractivity contribution in [2.24, 2.45) is 5.73 Å². The van der Waals surface area contributed by atoms with Gasteiger partial charge in [0.25, 0.3) is 0 Å². The first kappa shape index (κ1) is 14.0. The highest BCUT2D eigenvalue weighted by molar-refractivity contribution is 7.49. The summed E-state index contributed by atoms with van der Waals surface area (Å²) in [7, 11) is -1.80. The minimum Gasteiger partial charge on any atom is -0.631 e. The summed E-state index contributed by atoms with van der Waals surface area (Å²) in [6.45, 7) is 1.31. The summed E-state index contributed by atoms with van der Waals surface area (Å²) in [6.07, 6.45) is -0.225. The number of aliphatic carboxylic acids is 2. The van der Waals surface area contributed by atoms with E-state index in [9.17, 15) is 14.5 Å². The molecule has 0 amide bonds. The Labute approximate surface area is 88.2 Å². The second kappa shape index (κ2) is 5.80. The molecule has 0 aliphatic rings. The molecule has 7 heteroatoms. The van der Waals surface area contributed by atoms with E-state index in [4.69, 9.17) is 15.9 Å². The Morgan fingerprint density at radius 2 is 2.07 bits per heavy atom. The van der Waals surface area contributed by atoms with E-state index in [2.05, 4.69) is 0 Å². The fraction of sp³-hybridized carbons (Fsp3) is 0.625. The van der Waals surface area contributed by atoms with Crippen molar-refractivity contribution in [3.05, 3.63) is 0 Å². The second-order valence-corrected chi connectivity index (χ2v) is 5.04. The van der Waals surface area contributed by atoms with Crippen LogP contribution >= 0.6 is 7.77 Å². The van der Waals surface area contributed by atoms with Gasteiger partial charge in [0.05, 0.1) is 12.2 Å². The van der Waals surface area contributed by atoms with Crippen molar-refractivity contribution in [3.8, 4) is 0 Å². The number of rotatable bonds is 6. The molecule has 0 saturated carbocycles. The lowest BCUT2D eigenvalue weighted by Crippen LogP contribution is -2.45. The lowest BCUT2D eigenvalue weighted by molar-refractivity contribution is -0.154. The molecule has 15 heavy (non-hydrogen) atoms. The third-order valence-electron chi connectivity index (χ3n) is 1.75. The zero-order valence-electron chi connectivity index (χ0n) is 8.34. The van der Waals surface area contributed by atoms with Crippen molar-refractivity contribution in [1.29, 1.82) is 0 Å². The normalized spacial score (nSPS) is 15.8. The lowest BCUT2D eigenvalue weighted by atomic mass is 10.0. The van der Waals surface area contributed by atoms with Crippen molar-refractivity contribution < 1.29 is 24.7 Å². The molecular weight excluding hydrogens is 221 g/mol. The molecule has 0 aromatic carbocycles. The predicted octanol–water partition coefficient (Wildman–Crippen LogP) is -0.787. The number of carboxylic acids is 2. The molecule has 2 atom stereocenters. The summed E-state index contributed by atoms with van der Waals surface area (Å²) >= 11 is 0. The molecule has 6 nitrogen and oxygen atoms in total. The predicted molar refractivity (Wildman–Crippen MR) is 54.9 cm³/mol. The first-order valence-electron chi connectivity index (χ1n) is 4.27. The minimum atomic E-state index is -1.80. The number of hydrogen-bond acceptors (Lipinski definition) is 4. The quantitative estimate of drug-likeness (QED) is 0.518. The van der Waals surface area contributed by atoms with Gasteiger partial charge in [0.15, 0.2) is 0 Å². The van der Waals surface area contributed by atoms with E-state index in [1.165, 1.54) is 12.7 Å². The zero-order chi connectivity index (χ0) is 12.1. The molecule has 0 rings (SSSR count). The van der Waals surface area contributed by atoms with Crippen LogP contribution in [-0.4, -0.2) is 39.6 Å². The maximum Gasteiger partial charge on any atom is 0.323 e. The molecule has 0 fully saturated rings. The Morgan fingerprint density at radius 3 is 2.47 bits per heavy atom. The van der Waals surface area contributed by atoms with E-state index in [0.29, 0.717) is 0 Å². The van der Waals surface area contributed by atoms with Crippen molar-refractivity contribution in [3.63, 3.8) is 0 Å². The van der Waals surface area contributed by atoms with E-state index in [-0.39, 0.29) is 19.0 Å². The van der Waals surface area contributed by atoms with Crippen LogP contribution in [0.4, 0.5) is 0 Å². The second-order valence-electron chi connectivity index (χ2n) is 3.39. The summed E-state index contributed by atoms with van der Waals surface area (Å²) in [5, 5.41) is 17.0. The van der Waals surface area contributed by atoms with Crippen LogP contribution in [0.5, 0.6) is 0 Å². The fourth-order valence-corrected chi connectivity index (χ4v) is 1.85. The van der Waals surface area contributed by atoms with Crippen LogP contribution in [-0.2, 0) is 9.59 Å². The maximum absolute atomic E-state index is 11.2. The van der Waals surface area contributed by atoms with Crippen LogP contribution < -0.4 is 10.6 Å². The van der Waals surface area contributed by atoms with Crippen molar-refractivity contribution >= 4 is 25.5 Å². The van der Waals surface area contributed by atoms with Crippen LogP contribution in [0.2, 0.25) is 0 Å². The summed E-state index contributed by atoms with van der Waals surface area (Å²) in [5.74, 6) is -0.937. The Kier molecular flexibility index (Phi) is 5.43. The molecule has 0 aliphatic carbocycles. The molecule has 0 heterocycles. The van der Waals surface area contributed by atoms with Crippen LogP contribution in [0.25, 0.3) is 0 Å². The van der Waals surface area contributed by atoms with Crippen molar-refractivity contribution in [1.82, 2.24) is 0 Å². The summed E-state index contributed by atoms with van der Waals surface area (Å²) in [4.78, 5) is 31.9. The largest absolute Gasteiger partial charge is 0.631 e. The molecule has 2 unspecified atom stereocenters. The molecular formula is C8H14NO5P. The standard InChI is InChI=1S/C8H14NO5P/c1-8(9,7(12)13)3-5-15(14)4-2-6(10)11/h5H,2-4,9H2,1H3,(H,10,11)(H,12,13). The Hall–Kier alpha value is -0.970. The van der Waals surface area contributed by atoms with Gasteiger partial charge in [-0.2, -0.15) is 0 Å². The number of hydrogen-bond donors (Lipinski definition) is 3. The Morgan fingerprint density at radius 1 is 1.53 bits per heavy atom. The molecule has 4 N–H and O–H groups in total. The highest BCUT2D eigenvalue weighted by Crippen LogP contribution is 2.14. The molecule has 0 bridgehead atoms. The van der Waals surface area contributed by atoms with Gasteiger partial charge in [-0.25, -0.2) is 0 Å². The first-order valence-corrected chi connectivity index (χ1v) is 5.78. The van der Waals surface area contributed by atoms with Crippen LogP contribution in [0.1, 0.15) is 19.8 Å². The molecule has 0 radical (unpaired) electrons. The lowest BCUT2D eigenvalue weighted by Gasteiger charge is -2.15. The summed E-state index contributed by atoms with van der Waals surface area (Å²) < 4.78 is 0. The Balaban J connectivity index is 4.16. The highest BCUT2D eigenvalue weighted by Gasteiger charge is 2.27. The molecule has 0 spiro atoms. The minimum absolute atomic E-state index is 0.0143. The van der Waals surface area contributed by atoms with Gasteiger partial charge in [-0.15, -0.1) is 0 Å². The summed E-state index contributed by atoms with van der Waals surface area (Å²) in [5.41, 5.74) is 3.94. The third kappa shape index (κ3) is 6.17. The molecule has 0 aromatic heterocycles. The van der Waals surface area contributed by atoms with Gasteiger partial charge < -0.3 is 20.8 Å². The topological polar surface area (TPSA) is 124 Å². The smallest absolute Gasteiger partial charge is 0.323 e. The average molecular weight is 235 g/mol. The van der Waals surface area contributed by atoms with E-state index < -0.39 is 25.2 Å². The monoisotopic (exact) mass is 235 g/mol.